The van der Waals surface area contributed by atoms with Crippen LogP contribution in [0.4, 0.5) is 17.1 Å². The van der Waals surface area contributed by atoms with Crippen LogP contribution in [0.1, 0.15) is 12.2 Å². The number of halogens is 1. The quantitative estimate of drug-likeness (QED) is 0.164. The zero-order valence-corrected chi connectivity index (χ0v) is 20.0. The summed E-state index contributed by atoms with van der Waals surface area (Å²) in [4.78, 5) is 22.6. The van der Waals surface area contributed by atoms with Gasteiger partial charge in [-0.3, -0.25) is 19.5 Å². The van der Waals surface area contributed by atoms with Crippen LogP contribution < -0.4 is 10.6 Å². The van der Waals surface area contributed by atoms with Gasteiger partial charge < -0.3 is 10.6 Å². The number of rotatable bonds is 10. The van der Waals surface area contributed by atoms with Crippen LogP contribution in [-0.4, -0.2) is 31.3 Å². The molecule has 0 fully saturated rings. The van der Waals surface area contributed by atoms with Gasteiger partial charge in [-0.05, 0) is 48.5 Å². The highest BCUT2D eigenvalue weighted by molar-refractivity contribution is 7.99. The van der Waals surface area contributed by atoms with E-state index in [0.29, 0.717) is 28.2 Å². The third kappa shape index (κ3) is 6.58. The van der Waals surface area contributed by atoms with Crippen LogP contribution >= 0.6 is 23.4 Å². The summed E-state index contributed by atoms with van der Waals surface area (Å²) in [6.45, 7) is 0.449. The number of anilines is 2. The predicted octanol–water partition coefficient (Wildman–Crippen LogP) is 5.56. The monoisotopic (exact) mass is 508 g/mol. The molecule has 0 aliphatic carbocycles. The number of non-ortho nitro benzene ring substituents is 1. The molecule has 1 heterocycles. The number of thioether (sulfide) groups is 1. The topological polar surface area (TPSA) is 115 Å². The van der Waals surface area contributed by atoms with E-state index in [-0.39, 0.29) is 18.0 Å². The number of carbonyl (C=O) groups is 1. The van der Waals surface area contributed by atoms with Gasteiger partial charge >= 0.3 is 0 Å². The Morgan fingerprint density at radius 3 is 2.34 bits per heavy atom. The Balaban J connectivity index is 1.39. The highest BCUT2D eigenvalue weighted by Crippen LogP contribution is 2.24. The summed E-state index contributed by atoms with van der Waals surface area (Å²) in [6.07, 6.45) is 0.238. The molecule has 0 bridgehead atoms. The van der Waals surface area contributed by atoms with E-state index in [1.807, 2.05) is 59.2 Å². The summed E-state index contributed by atoms with van der Waals surface area (Å²) in [6, 6.07) is 22.9. The van der Waals surface area contributed by atoms with E-state index in [4.69, 9.17) is 11.6 Å². The van der Waals surface area contributed by atoms with Crippen LogP contribution in [-0.2, 0) is 11.3 Å². The zero-order chi connectivity index (χ0) is 24.6. The normalized spacial score (nSPS) is 10.7. The maximum absolute atomic E-state index is 12.3. The first kappa shape index (κ1) is 24.2. The molecule has 0 spiro atoms. The second-order valence-corrected chi connectivity index (χ2v) is 8.88. The van der Waals surface area contributed by atoms with Crippen LogP contribution in [0.25, 0.3) is 5.69 Å². The van der Waals surface area contributed by atoms with E-state index < -0.39 is 4.92 Å². The van der Waals surface area contributed by atoms with Gasteiger partial charge in [-0.2, -0.15) is 0 Å². The van der Waals surface area contributed by atoms with Crippen molar-refractivity contribution in [3.63, 3.8) is 0 Å². The number of para-hydroxylation sites is 1. The van der Waals surface area contributed by atoms with Gasteiger partial charge in [0.2, 0.25) is 5.91 Å². The van der Waals surface area contributed by atoms with Crippen LogP contribution in [0.5, 0.6) is 0 Å². The van der Waals surface area contributed by atoms with E-state index >= 15 is 0 Å². The first-order chi connectivity index (χ1) is 17.0. The fraction of sp³-hybridized carbons (Fsp3) is 0.125. The summed E-state index contributed by atoms with van der Waals surface area (Å²) in [7, 11) is 0. The average Bonchev–Trinajstić information content (AvgIpc) is 3.27. The number of nitrogens with one attached hydrogen (secondary N) is 2. The van der Waals surface area contributed by atoms with Gasteiger partial charge in [0.05, 0.1) is 11.5 Å². The lowest BCUT2D eigenvalue weighted by molar-refractivity contribution is -0.384. The van der Waals surface area contributed by atoms with Gasteiger partial charge in [-0.25, -0.2) is 0 Å². The number of amides is 1. The minimum atomic E-state index is -0.482. The van der Waals surface area contributed by atoms with E-state index in [2.05, 4.69) is 20.8 Å². The van der Waals surface area contributed by atoms with Gasteiger partial charge in [0.1, 0.15) is 0 Å². The molecule has 0 aliphatic rings. The van der Waals surface area contributed by atoms with Crippen molar-refractivity contribution in [1.82, 2.24) is 14.8 Å². The third-order valence-corrected chi connectivity index (χ3v) is 6.11. The lowest BCUT2D eigenvalue weighted by Gasteiger charge is -2.11. The fourth-order valence-electron chi connectivity index (χ4n) is 3.22. The second kappa shape index (κ2) is 11.5. The number of benzene rings is 3. The molecule has 1 aromatic heterocycles. The second-order valence-electron chi connectivity index (χ2n) is 7.38. The standard InChI is InChI=1S/C24H21ClN6O3S/c25-17-6-8-18(9-7-17)26-16-22-28-29-24(30(22)20-4-2-1-3-5-20)35-15-14-23(32)27-19-10-12-21(13-11-19)31(33)34/h1-13,26H,14-16H2,(H,27,32). The number of carbonyl (C=O) groups excluding carboxylic acids is 1. The minimum Gasteiger partial charge on any atom is -0.378 e. The number of hydrogen-bond donors (Lipinski definition) is 2. The Morgan fingerprint density at radius 1 is 0.971 bits per heavy atom. The van der Waals surface area contributed by atoms with Crippen LogP contribution in [0.15, 0.2) is 84.0 Å². The molecule has 0 aliphatic heterocycles. The van der Waals surface area contributed by atoms with Crippen molar-refractivity contribution in [3.8, 4) is 5.69 Å². The van der Waals surface area contributed by atoms with Gasteiger partial charge in [-0.15, -0.1) is 10.2 Å². The molecule has 3 aromatic carbocycles. The Morgan fingerprint density at radius 2 is 1.66 bits per heavy atom. The molecule has 0 saturated heterocycles. The first-order valence-electron chi connectivity index (χ1n) is 10.7. The molecule has 1 amide bonds. The lowest BCUT2D eigenvalue weighted by atomic mass is 10.3. The van der Waals surface area contributed by atoms with Crippen molar-refractivity contribution >= 4 is 46.3 Å². The summed E-state index contributed by atoms with van der Waals surface area (Å²) in [5, 5.41) is 26.9. The van der Waals surface area contributed by atoms with Crippen LogP contribution in [0, 0.1) is 10.1 Å². The number of nitro groups is 1. The molecule has 11 heteroatoms. The predicted molar refractivity (Wildman–Crippen MR) is 137 cm³/mol. The largest absolute Gasteiger partial charge is 0.378 e. The molecule has 9 nitrogen and oxygen atoms in total. The van der Waals surface area contributed by atoms with Gasteiger partial charge in [0.25, 0.3) is 5.69 Å². The van der Waals surface area contributed by atoms with Crippen LogP contribution in [0.2, 0.25) is 5.02 Å². The fourth-order valence-corrected chi connectivity index (χ4v) is 4.25. The Kier molecular flexibility index (Phi) is 7.96. The molecule has 0 saturated carbocycles. The average molecular weight is 509 g/mol. The van der Waals surface area contributed by atoms with Gasteiger partial charge in [-0.1, -0.05) is 41.6 Å². The zero-order valence-electron chi connectivity index (χ0n) is 18.4. The smallest absolute Gasteiger partial charge is 0.269 e. The van der Waals surface area contributed by atoms with Crippen molar-refractivity contribution in [2.75, 3.05) is 16.4 Å². The molecule has 2 N–H and O–H groups in total. The molecule has 0 atom stereocenters. The molecular formula is C24H21ClN6O3S. The Labute approximate surface area is 210 Å². The Bertz CT molecular complexity index is 1300. The van der Waals surface area contributed by atoms with Crippen LogP contribution in [0.3, 0.4) is 0 Å². The molecule has 0 radical (unpaired) electrons. The molecule has 4 rings (SSSR count). The summed E-state index contributed by atoms with van der Waals surface area (Å²) in [5.74, 6) is 1.01. The number of nitrogens with zero attached hydrogens (tertiary/aromatic N) is 4. The molecular weight excluding hydrogens is 488 g/mol. The van der Waals surface area contributed by atoms with Crippen molar-refractivity contribution in [2.24, 2.45) is 0 Å². The molecule has 4 aromatic rings. The SMILES string of the molecule is O=C(CCSc1nnc(CNc2ccc(Cl)cc2)n1-c1ccccc1)Nc1ccc([N+](=O)[O-])cc1. The number of hydrogen-bond acceptors (Lipinski definition) is 7. The highest BCUT2D eigenvalue weighted by Gasteiger charge is 2.15. The van der Waals surface area contributed by atoms with E-state index in [9.17, 15) is 14.9 Å². The highest BCUT2D eigenvalue weighted by atomic mass is 35.5. The maximum atomic E-state index is 12.3. The lowest BCUT2D eigenvalue weighted by Crippen LogP contribution is -2.12. The van der Waals surface area contributed by atoms with Gasteiger partial charge in [0.15, 0.2) is 11.0 Å². The van der Waals surface area contributed by atoms with Crippen molar-refractivity contribution in [3.05, 3.63) is 99.8 Å². The Hall–Kier alpha value is -3.89. The number of nitro benzene ring substituents is 1. The first-order valence-corrected chi connectivity index (χ1v) is 12.0. The van der Waals surface area contributed by atoms with Gasteiger partial charge in [0, 0.05) is 46.4 Å². The third-order valence-electron chi connectivity index (χ3n) is 4.93. The van der Waals surface area contributed by atoms with Crippen molar-refractivity contribution in [2.45, 2.75) is 18.1 Å². The van der Waals surface area contributed by atoms with E-state index in [1.54, 1.807) is 0 Å². The van der Waals surface area contributed by atoms with E-state index in [1.165, 1.54) is 36.0 Å². The summed E-state index contributed by atoms with van der Waals surface area (Å²) in [5.41, 5.74) is 2.31. The summed E-state index contributed by atoms with van der Waals surface area (Å²) < 4.78 is 1.96. The van der Waals surface area contributed by atoms with Crippen molar-refractivity contribution in [1.29, 1.82) is 0 Å². The summed E-state index contributed by atoms with van der Waals surface area (Å²) >= 11 is 7.39. The molecule has 35 heavy (non-hydrogen) atoms. The molecule has 178 valence electrons. The maximum Gasteiger partial charge on any atom is 0.269 e. The van der Waals surface area contributed by atoms with Crippen molar-refractivity contribution < 1.29 is 9.72 Å². The number of aromatic nitrogens is 3. The van der Waals surface area contributed by atoms with E-state index in [0.717, 1.165) is 17.2 Å². The molecule has 0 unspecified atom stereocenters. The minimum absolute atomic E-state index is 0.0276.